The molecule has 2 unspecified atom stereocenters. The van der Waals surface area contributed by atoms with Crippen molar-refractivity contribution in [1.29, 1.82) is 0 Å². The van der Waals surface area contributed by atoms with Crippen molar-refractivity contribution < 1.29 is 0 Å². The quantitative estimate of drug-likeness (QED) is 0.792. The van der Waals surface area contributed by atoms with E-state index >= 15 is 0 Å². The molecule has 2 rings (SSSR count). The average molecular weight is 228 g/mol. The minimum absolute atomic E-state index is 0.640. The molecule has 1 saturated carbocycles. The molecule has 0 aromatic heterocycles. The Morgan fingerprint density at radius 3 is 2.67 bits per heavy atom. The highest BCUT2D eigenvalue weighted by Gasteiger charge is 2.44. The molecule has 3 heteroatoms. The molecule has 2 aliphatic rings. The van der Waals surface area contributed by atoms with Crippen LogP contribution in [0.1, 0.15) is 32.6 Å². The Labute approximate surface area is 98.2 Å². The second-order valence-electron chi connectivity index (χ2n) is 5.22. The molecule has 1 heterocycles. The first kappa shape index (κ1) is 11.7. The van der Waals surface area contributed by atoms with Gasteiger partial charge in [-0.15, -0.1) is 0 Å². The Morgan fingerprint density at radius 1 is 1.47 bits per heavy atom. The summed E-state index contributed by atoms with van der Waals surface area (Å²) in [6.45, 7) is 5.00. The molecule has 0 amide bonds. The molecule has 0 aromatic rings. The minimum Gasteiger partial charge on any atom is -0.317 e. The SMILES string of the molecule is CNC1CCN(CC2(SC)CC2)C(C)C1. The highest BCUT2D eigenvalue weighted by Crippen LogP contribution is 2.48. The van der Waals surface area contributed by atoms with Gasteiger partial charge in [0.25, 0.3) is 0 Å². The lowest BCUT2D eigenvalue weighted by Gasteiger charge is -2.39. The fourth-order valence-electron chi connectivity index (χ4n) is 2.65. The zero-order chi connectivity index (χ0) is 10.9. The Hall–Kier alpha value is 0.270. The van der Waals surface area contributed by atoms with Gasteiger partial charge in [-0.1, -0.05) is 0 Å². The summed E-state index contributed by atoms with van der Waals surface area (Å²) in [6, 6.07) is 1.52. The van der Waals surface area contributed by atoms with E-state index in [4.69, 9.17) is 0 Å². The average Bonchev–Trinajstić information content (AvgIpc) is 3.02. The lowest BCUT2D eigenvalue weighted by molar-refractivity contribution is 0.137. The fourth-order valence-corrected chi connectivity index (χ4v) is 3.46. The van der Waals surface area contributed by atoms with Crippen molar-refractivity contribution in [2.24, 2.45) is 0 Å². The summed E-state index contributed by atoms with van der Waals surface area (Å²) in [4.78, 5) is 2.71. The summed E-state index contributed by atoms with van der Waals surface area (Å²) in [5.74, 6) is 0. The zero-order valence-corrected chi connectivity index (χ0v) is 11.1. The van der Waals surface area contributed by atoms with E-state index in [9.17, 15) is 0 Å². The molecule has 0 aromatic carbocycles. The molecular weight excluding hydrogens is 204 g/mol. The normalized spacial score (nSPS) is 35.4. The summed E-state index contributed by atoms with van der Waals surface area (Å²) >= 11 is 2.08. The third-order valence-corrected chi connectivity index (χ3v) is 5.56. The van der Waals surface area contributed by atoms with E-state index in [-0.39, 0.29) is 0 Å². The van der Waals surface area contributed by atoms with Crippen LogP contribution in [0, 0.1) is 0 Å². The Balaban J connectivity index is 1.83. The van der Waals surface area contributed by atoms with Crippen molar-refractivity contribution in [2.45, 2.75) is 49.4 Å². The van der Waals surface area contributed by atoms with Crippen molar-refractivity contribution in [2.75, 3.05) is 26.4 Å². The lowest BCUT2D eigenvalue weighted by atomic mass is 9.98. The van der Waals surface area contributed by atoms with Gasteiger partial charge in [-0.25, -0.2) is 0 Å². The van der Waals surface area contributed by atoms with Crippen LogP contribution in [-0.2, 0) is 0 Å². The minimum atomic E-state index is 0.640. The van der Waals surface area contributed by atoms with Crippen molar-refractivity contribution in [3.05, 3.63) is 0 Å². The predicted molar refractivity (Wildman–Crippen MR) is 68.6 cm³/mol. The summed E-state index contributed by atoms with van der Waals surface area (Å²) in [7, 11) is 2.09. The molecule has 15 heavy (non-hydrogen) atoms. The van der Waals surface area contributed by atoms with E-state index in [1.54, 1.807) is 0 Å². The van der Waals surface area contributed by atoms with Gasteiger partial charge in [0.05, 0.1) is 0 Å². The van der Waals surface area contributed by atoms with Crippen LogP contribution in [0.3, 0.4) is 0 Å². The number of nitrogens with zero attached hydrogens (tertiary/aromatic N) is 1. The highest BCUT2D eigenvalue weighted by molar-refractivity contribution is 8.00. The predicted octanol–water partition coefficient (Wildman–Crippen LogP) is 1.95. The van der Waals surface area contributed by atoms with Crippen LogP contribution < -0.4 is 5.32 Å². The van der Waals surface area contributed by atoms with Gasteiger partial charge in [0.15, 0.2) is 0 Å². The summed E-state index contributed by atoms with van der Waals surface area (Å²) in [6.07, 6.45) is 7.80. The maximum absolute atomic E-state index is 3.42. The first-order valence-corrected chi connectivity index (χ1v) is 7.38. The van der Waals surface area contributed by atoms with Crippen LogP contribution in [0.2, 0.25) is 0 Å². The van der Waals surface area contributed by atoms with E-state index in [1.807, 2.05) is 0 Å². The van der Waals surface area contributed by atoms with Crippen LogP contribution in [0.15, 0.2) is 0 Å². The van der Waals surface area contributed by atoms with E-state index in [2.05, 4.69) is 42.2 Å². The van der Waals surface area contributed by atoms with E-state index < -0.39 is 0 Å². The number of rotatable bonds is 4. The van der Waals surface area contributed by atoms with Gasteiger partial charge in [0, 0.05) is 23.4 Å². The molecule has 1 saturated heterocycles. The van der Waals surface area contributed by atoms with Crippen molar-refractivity contribution >= 4 is 11.8 Å². The molecule has 2 nitrogen and oxygen atoms in total. The molecule has 2 atom stereocenters. The second-order valence-corrected chi connectivity index (χ2v) is 6.49. The molecule has 1 aliphatic heterocycles. The number of likely N-dealkylation sites (tertiary alicyclic amines) is 1. The first-order valence-electron chi connectivity index (χ1n) is 6.15. The van der Waals surface area contributed by atoms with Gasteiger partial charge >= 0.3 is 0 Å². The number of nitrogens with one attached hydrogen (secondary N) is 1. The number of piperidine rings is 1. The topological polar surface area (TPSA) is 15.3 Å². The highest BCUT2D eigenvalue weighted by atomic mass is 32.2. The van der Waals surface area contributed by atoms with E-state index in [0.717, 1.165) is 12.1 Å². The molecule has 2 fully saturated rings. The van der Waals surface area contributed by atoms with Crippen LogP contribution in [0.4, 0.5) is 0 Å². The monoisotopic (exact) mass is 228 g/mol. The van der Waals surface area contributed by atoms with Gasteiger partial charge in [0.1, 0.15) is 0 Å². The first-order chi connectivity index (χ1) is 7.19. The standard InChI is InChI=1S/C12H24N2S/c1-10-8-11(13-2)4-7-14(10)9-12(15-3)5-6-12/h10-11,13H,4-9H2,1-3H3. The Bertz CT molecular complexity index is 216. The van der Waals surface area contributed by atoms with Gasteiger partial charge in [-0.3, -0.25) is 4.90 Å². The maximum atomic E-state index is 3.42. The maximum Gasteiger partial charge on any atom is 0.0285 e. The summed E-state index contributed by atoms with van der Waals surface area (Å²) in [5, 5.41) is 3.42. The molecular formula is C12H24N2S. The van der Waals surface area contributed by atoms with E-state index in [0.29, 0.717) is 4.75 Å². The molecule has 0 spiro atoms. The van der Waals surface area contributed by atoms with E-state index in [1.165, 1.54) is 38.8 Å². The summed E-state index contributed by atoms with van der Waals surface area (Å²) < 4.78 is 0.640. The Kier molecular flexibility index (Phi) is 3.63. The zero-order valence-electron chi connectivity index (χ0n) is 10.3. The molecule has 0 bridgehead atoms. The third-order valence-electron chi connectivity index (χ3n) is 4.15. The van der Waals surface area contributed by atoms with Crippen molar-refractivity contribution in [3.63, 3.8) is 0 Å². The lowest BCUT2D eigenvalue weighted by Crippen LogP contribution is -2.48. The molecule has 1 N–H and O–H groups in total. The van der Waals surface area contributed by atoms with Crippen LogP contribution >= 0.6 is 11.8 Å². The van der Waals surface area contributed by atoms with Crippen LogP contribution in [-0.4, -0.2) is 48.1 Å². The smallest absolute Gasteiger partial charge is 0.0285 e. The van der Waals surface area contributed by atoms with Gasteiger partial charge in [-0.05, 0) is 52.5 Å². The number of hydrogen-bond acceptors (Lipinski definition) is 3. The fraction of sp³-hybridized carbons (Fsp3) is 1.00. The molecule has 88 valence electrons. The van der Waals surface area contributed by atoms with Crippen molar-refractivity contribution in [1.82, 2.24) is 10.2 Å². The molecule has 0 radical (unpaired) electrons. The van der Waals surface area contributed by atoms with Crippen LogP contribution in [0.5, 0.6) is 0 Å². The second kappa shape index (κ2) is 4.64. The van der Waals surface area contributed by atoms with Crippen LogP contribution in [0.25, 0.3) is 0 Å². The number of hydrogen-bond donors (Lipinski definition) is 1. The van der Waals surface area contributed by atoms with Crippen molar-refractivity contribution in [3.8, 4) is 0 Å². The van der Waals surface area contributed by atoms with Gasteiger partial charge in [0.2, 0.25) is 0 Å². The summed E-state index contributed by atoms with van der Waals surface area (Å²) in [5.41, 5.74) is 0. The van der Waals surface area contributed by atoms with Gasteiger partial charge < -0.3 is 5.32 Å². The number of thioether (sulfide) groups is 1. The molecule has 1 aliphatic carbocycles. The van der Waals surface area contributed by atoms with Gasteiger partial charge in [-0.2, -0.15) is 11.8 Å². The third kappa shape index (κ3) is 2.69. The largest absolute Gasteiger partial charge is 0.317 e. The Morgan fingerprint density at radius 2 is 2.20 bits per heavy atom.